The maximum absolute atomic E-state index is 11.7. The minimum absolute atomic E-state index is 0.181. The fourth-order valence-electron chi connectivity index (χ4n) is 1.18. The molecule has 1 atom stereocenters. The van der Waals surface area contributed by atoms with E-state index in [2.05, 4.69) is 0 Å². The largest absolute Gasteiger partial charge is 0.480 e. The van der Waals surface area contributed by atoms with Gasteiger partial charge in [-0.25, -0.2) is 9.59 Å². The van der Waals surface area contributed by atoms with Gasteiger partial charge in [-0.1, -0.05) is 6.92 Å². The van der Waals surface area contributed by atoms with Gasteiger partial charge in [-0.05, 0) is 33.6 Å². The van der Waals surface area contributed by atoms with Gasteiger partial charge in [0.25, 0.3) is 0 Å². The number of hydrogen-bond donors (Lipinski definition) is 1. The van der Waals surface area contributed by atoms with Gasteiger partial charge < -0.3 is 14.7 Å². The molecule has 0 saturated heterocycles. The van der Waals surface area contributed by atoms with E-state index in [9.17, 15) is 9.59 Å². The lowest BCUT2D eigenvalue weighted by atomic mass is 10.1. The Morgan fingerprint density at radius 1 is 1.44 bits per heavy atom. The predicted octanol–water partition coefficient (Wildman–Crippen LogP) is 1.21. The van der Waals surface area contributed by atoms with Crippen molar-refractivity contribution in [2.24, 2.45) is 0 Å². The molecule has 0 rings (SSSR count). The van der Waals surface area contributed by atoms with Crippen molar-refractivity contribution in [2.45, 2.75) is 45.8 Å². The van der Waals surface area contributed by atoms with E-state index < -0.39 is 23.7 Å². The average Bonchev–Trinajstić information content (AvgIpc) is 2.09. The number of amides is 1. The van der Waals surface area contributed by atoms with Crippen LogP contribution in [-0.4, -0.2) is 48.0 Å². The second-order valence-electron chi connectivity index (χ2n) is 4.39. The molecule has 1 unspecified atom stereocenters. The summed E-state index contributed by atoms with van der Waals surface area (Å²) in [5.74, 6) is -1.08. The van der Waals surface area contributed by atoms with Crippen molar-refractivity contribution in [3.63, 3.8) is 0 Å². The van der Waals surface area contributed by atoms with Crippen molar-refractivity contribution < 1.29 is 19.4 Å². The Labute approximate surface area is 97.2 Å². The van der Waals surface area contributed by atoms with Crippen molar-refractivity contribution in [2.75, 3.05) is 6.44 Å². The molecule has 90 valence electrons. The summed E-state index contributed by atoms with van der Waals surface area (Å²) in [4.78, 5) is 23.6. The Bertz CT molecular complexity index is 262. The molecule has 6 heteroatoms. The molecule has 2 radical (unpaired) electrons. The highest BCUT2D eigenvalue weighted by Crippen LogP contribution is 2.13. The highest BCUT2D eigenvalue weighted by atomic mass is 16.6. The number of carbonyl (C=O) groups is 2. The second-order valence-corrected chi connectivity index (χ2v) is 4.39. The lowest BCUT2D eigenvalue weighted by molar-refractivity contribution is -0.142. The van der Waals surface area contributed by atoms with E-state index in [0.717, 1.165) is 4.90 Å². The molecule has 5 nitrogen and oxygen atoms in total. The van der Waals surface area contributed by atoms with Crippen LogP contribution in [-0.2, 0) is 9.53 Å². The minimum Gasteiger partial charge on any atom is -0.480 e. The molecule has 0 bridgehead atoms. The predicted molar refractivity (Wildman–Crippen MR) is 60.4 cm³/mol. The number of carboxylic acids is 1. The van der Waals surface area contributed by atoms with Crippen molar-refractivity contribution in [3.05, 3.63) is 0 Å². The lowest BCUT2D eigenvalue weighted by Crippen LogP contribution is -2.47. The van der Waals surface area contributed by atoms with Crippen molar-refractivity contribution in [1.29, 1.82) is 0 Å². The number of aliphatic carboxylic acids is 1. The first-order chi connectivity index (χ1) is 7.22. The smallest absolute Gasteiger partial charge is 0.410 e. The van der Waals surface area contributed by atoms with E-state index in [0.29, 0.717) is 0 Å². The maximum atomic E-state index is 11.7. The first-order valence-corrected chi connectivity index (χ1v) is 5.15. The summed E-state index contributed by atoms with van der Waals surface area (Å²) in [7, 11) is 5.37. The summed E-state index contributed by atoms with van der Waals surface area (Å²) in [6.45, 7) is 6.80. The molecular formula is C10H18BNO4. The fraction of sp³-hybridized carbons (Fsp3) is 0.800. The first-order valence-electron chi connectivity index (χ1n) is 5.15. The topological polar surface area (TPSA) is 66.8 Å². The van der Waals surface area contributed by atoms with E-state index >= 15 is 0 Å². The van der Waals surface area contributed by atoms with E-state index in [1.807, 2.05) is 0 Å². The number of ether oxygens (including phenoxy) is 1. The van der Waals surface area contributed by atoms with Crippen molar-refractivity contribution in [3.8, 4) is 0 Å². The van der Waals surface area contributed by atoms with Crippen LogP contribution < -0.4 is 0 Å². The molecule has 0 aromatic rings. The van der Waals surface area contributed by atoms with Gasteiger partial charge >= 0.3 is 12.1 Å². The summed E-state index contributed by atoms with van der Waals surface area (Å²) in [6, 6.07) is -0.945. The Hall–Kier alpha value is -1.20. The molecule has 16 heavy (non-hydrogen) atoms. The quantitative estimate of drug-likeness (QED) is 0.733. The molecule has 0 fully saturated rings. The maximum Gasteiger partial charge on any atom is 0.410 e. The summed E-state index contributed by atoms with van der Waals surface area (Å²) >= 11 is 0. The summed E-state index contributed by atoms with van der Waals surface area (Å²) in [5, 5.41) is 8.92. The van der Waals surface area contributed by atoms with E-state index in [4.69, 9.17) is 17.7 Å². The van der Waals surface area contributed by atoms with Gasteiger partial charge in [-0.15, -0.1) is 0 Å². The Balaban J connectivity index is 4.71. The van der Waals surface area contributed by atoms with Crippen LogP contribution in [0.1, 0.15) is 34.1 Å². The first kappa shape index (κ1) is 14.8. The summed E-state index contributed by atoms with van der Waals surface area (Å²) < 4.78 is 5.07. The average molecular weight is 227 g/mol. The number of carbonyl (C=O) groups excluding carboxylic acids is 1. The van der Waals surface area contributed by atoms with Crippen LogP contribution in [0.5, 0.6) is 0 Å². The van der Waals surface area contributed by atoms with E-state index in [1.54, 1.807) is 27.7 Å². The van der Waals surface area contributed by atoms with Crippen LogP contribution in [0.4, 0.5) is 4.79 Å². The van der Waals surface area contributed by atoms with Crippen molar-refractivity contribution in [1.82, 2.24) is 4.90 Å². The monoisotopic (exact) mass is 227 g/mol. The minimum atomic E-state index is -1.08. The van der Waals surface area contributed by atoms with Gasteiger partial charge in [0.15, 0.2) is 0 Å². The SMILES string of the molecule is [B]CN(C(=O)OC(C)(C)C)C(CC)C(=O)O. The lowest BCUT2D eigenvalue weighted by Gasteiger charge is -2.30. The van der Waals surface area contributed by atoms with Crippen LogP contribution in [0.25, 0.3) is 0 Å². The number of rotatable bonds is 4. The molecule has 0 heterocycles. The zero-order valence-corrected chi connectivity index (χ0v) is 10.2. The zero-order chi connectivity index (χ0) is 12.9. The normalized spacial score (nSPS) is 13.0. The highest BCUT2D eigenvalue weighted by Gasteiger charge is 2.30. The third kappa shape index (κ3) is 4.55. The van der Waals surface area contributed by atoms with Gasteiger partial charge in [0.1, 0.15) is 11.6 Å². The van der Waals surface area contributed by atoms with Crippen LogP contribution in [0.3, 0.4) is 0 Å². The molecule has 0 aromatic carbocycles. The summed E-state index contributed by atoms with van der Waals surface area (Å²) in [6.07, 6.45) is -0.602. The van der Waals surface area contributed by atoms with Gasteiger partial charge in [-0.2, -0.15) is 0 Å². The van der Waals surface area contributed by atoms with Crippen LogP contribution >= 0.6 is 0 Å². The molecule has 0 aliphatic carbocycles. The molecule has 0 aliphatic rings. The molecule has 0 spiro atoms. The zero-order valence-electron chi connectivity index (χ0n) is 10.2. The van der Waals surface area contributed by atoms with Gasteiger partial charge in [-0.3, -0.25) is 0 Å². The highest BCUT2D eigenvalue weighted by molar-refractivity contribution is 6.10. The Morgan fingerprint density at radius 3 is 2.19 bits per heavy atom. The number of nitrogens with zero attached hydrogens (tertiary/aromatic N) is 1. The Morgan fingerprint density at radius 2 is 1.94 bits per heavy atom. The molecule has 1 amide bonds. The van der Waals surface area contributed by atoms with Gasteiger partial charge in [0, 0.05) is 0 Å². The second kappa shape index (κ2) is 5.77. The van der Waals surface area contributed by atoms with E-state index in [-0.39, 0.29) is 12.9 Å². The molecular weight excluding hydrogens is 209 g/mol. The van der Waals surface area contributed by atoms with E-state index in [1.165, 1.54) is 0 Å². The number of hydrogen-bond acceptors (Lipinski definition) is 3. The van der Waals surface area contributed by atoms with Crippen LogP contribution in [0.2, 0.25) is 0 Å². The van der Waals surface area contributed by atoms with Crippen LogP contribution in [0.15, 0.2) is 0 Å². The summed E-state index contributed by atoms with van der Waals surface area (Å²) in [5.41, 5.74) is -0.665. The molecule has 0 aliphatic heterocycles. The van der Waals surface area contributed by atoms with Gasteiger partial charge in [0.05, 0.1) is 7.85 Å². The molecule has 0 saturated carbocycles. The fourth-order valence-corrected chi connectivity index (χ4v) is 1.18. The number of carboxylic acid groups (broad SMARTS) is 1. The van der Waals surface area contributed by atoms with Gasteiger partial charge in [0.2, 0.25) is 0 Å². The molecule has 0 aromatic heterocycles. The molecule has 1 N–H and O–H groups in total. The van der Waals surface area contributed by atoms with Crippen LogP contribution in [0, 0.1) is 0 Å². The third-order valence-electron chi connectivity index (χ3n) is 1.87. The standard InChI is InChI=1S/C10H18BNO4/c1-5-7(8(13)14)12(6-11)9(15)16-10(2,3)4/h7H,5-6H2,1-4H3,(H,13,14). The Kier molecular flexibility index (Phi) is 5.34. The third-order valence-corrected chi connectivity index (χ3v) is 1.87. The van der Waals surface area contributed by atoms with Crippen molar-refractivity contribution >= 4 is 19.9 Å².